The minimum absolute atomic E-state index is 0.0752. The monoisotopic (exact) mass is 616 g/mol. The van der Waals surface area contributed by atoms with Crippen molar-refractivity contribution < 1.29 is 55.2 Å². The lowest BCUT2D eigenvalue weighted by atomic mass is 10.0. The first kappa shape index (κ1) is 31.8. The summed E-state index contributed by atoms with van der Waals surface area (Å²) in [5, 5.41) is 20.0. The Hall–Kier alpha value is -4.76. The van der Waals surface area contributed by atoms with Crippen LogP contribution in [-0.2, 0) is 20.2 Å². The quantitative estimate of drug-likeness (QED) is 0.165. The van der Waals surface area contributed by atoms with E-state index in [1.165, 1.54) is 0 Å². The molecule has 0 heterocycles. The van der Waals surface area contributed by atoms with E-state index in [1.807, 2.05) is 60.7 Å². The summed E-state index contributed by atoms with van der Waals surface area (Å²) in [7, 11) is -7.61. The molecule has 4 aromatic carbocycles. The second-order valence-corrected chi connectivity index (χ2v) is 11.2. The van der Waals surface area contributed by atoms with Crippen LogP contribution in [0.1, 0.15) is 31.8 Å². The minimum atomic E-state index is -4.86. The Morgan fingerprint density at radius 1 is 0.571 bits per heavy atom. The normalized spacial score (nSPS) is 11.1. The van der Waals surface area contributed by atoms with Gasteiger partial charge in [0.05, 0.1) is 25.3 Å². The molecule has 0 aliphatic heterocycles. The summed E-state index contributed by atoms with van der Waals surface area (Å²) in [4.78, 5) is 22.8. The van der Waals surface area contributed by atoms with Crippen molar-refractivity contribution in [3.63, 3.8) is 0 Å². The van der Waals surface area contributed by atoms with Crippen LogP contribution in [0.25, 0.3) is 0 Å². The number of phenols is 2. The van der Waals surface area contributed by atoms with Gasteiger partial charge in [0.2, 0.25) is 5.78 Å². The first-order chi connectivity index (χ1) is 19.7. The number of carbonyl (C=O) groups excluding carboxylic acids is 2. The standard InChI is InChI=1S/C15H14O11S2.C13H10O/c1-25-11-5-9(16)7(3-13(11)27(19,20)21)15(18)8-4-14(28(22,23)24)12(26-2)6-10(8)17;14-13(11-7-3-1-4-8-11)12-9-5-2-6-10-12/h3-6,16-17H,1-2H3,(H,19,20,21)(H,22,23,24);1-10H. The topological polar surface area (TPSA) is 202 Å². The molecule has 0 saturated heterocycles. The predicted octanol–water partition coefficient (Wildman–Crippen LogP) is 3.76. The number of hydrogen-bond donors (Lipinski definition) is 4. The van der Waals surface area contributed by atoms with E-state index in [0.29, 0.717) is 12.1 Å². The molecule has 0 atom stereocenters. The molecule has 4 aromatic rings. The van der Waals surface area contributed by atoms with Gasteiger partial charge in [-0.05, 0) is 12.1 Å². The molecule has 0 radical (unpaired) electrons. The van der Waals surface area contributed by atoms with Crippen molar-refractivity contribution in [2.75, 3.05) is 14.2 Å². The highest BCUT2D eigenvalue weighted by atomic mass is 32.2. The van der Waals surface area contributed by atoms with Crippen LogP contribution in [0.3, 0.4) is 0 Å². The van der Waals surface area contributed by atoms with E-state index in [9.17, 15) is 45.7 Å². The van der Waals surface area contributed by atoms with E-state index in [-0.39, 0.29) is 5.78 Å². The lowest BCUT2D eigenvalue weighted by Crippen LogP contribution is -2.09. The fourth-order valence-electron chi connectivity index (χ4n) is 3.68. The Bertz CT molecular complexity index is 1700. The summed E-state index contributed by atoms with van der Waals surface area (Å²) in [5.74, 6) is -3.62. The number of hydrogen-bond acceptors (Lipinski definition) is 10. The summed E-state index contributed by atoms with van der Waals surface area (Å²) in [6.07, 6.45) is 0. The van der Waals surface area contributed by atoms with Crippen LogP contribution < -0.4 is 9.47 Å². The van der Waals surface area contributed by atoms with Gasteiger partial charge in [-0.25, -0.2) is 0 Å². The average Bonchev–Trinajstić information content (AvgIpc) is 2.96. The maximum absolute atomic E-state index is 12.7. The molecule has 0 fully saturated rings. The summed E-state index contributed by atoms with van der Waals surface area (Å²) < 4.78 is 73.9. The summed E-state index contributed by atoms with van der Waals surface area (Å²) in [5.41, 5.74) is 0.0720. The van der Waals surface area contributed by atoms with Crippen LogP contribution in [0.5, 0.6) is 23.0 Å². The number of methoxy groups -OCH3 is 2. The zero-order chi connectivity index (χ0) is 31.2. The van der Waals surface area contributed by atoms with Crippen LogP contribution in [0.2, 0.25) is 0 Å². The second-order valence-electron chi connectivity index (χ2n) is 8.38. The van der Waals surface area contributed by atoms with Gasteiger partial charge in [-0.1, -0.05) is 60.7 Å². The van der Waals surface area contributed by atoms with Gasteiger partial charge in [0.25, 0.3) is 20.2 Å². The summed E-state index contributed by atoms with van der Waals surface area (Å²) in [6, 6.07) is 21.3. The second kappa shape index (κ2) is 12.8. The van der Waals surface area contributed by atoms with E-state index >= 15 is 0 Å². The Morgan fingerprint density at radius 2 is 0.905 bits per heavy atom. The van der Waals surface area contributed by atoms with E-state index in [2.05, 4.69) is 0 Å². The molecule has 0 aliphatic rings. The highest BCUT2D eigenvalue weighted by Gasteiger charge is 2.27. The summed E-state index contributed by atoms with van der Waals surface area (Å²) >= 11 is 0. The predicted molar refractivity (Wildman–Crippen MR) is 149 cm³/mol. The third-order valence-electron chi connectivity index (χ3n) is 5.68. The van der Waals surface area contributed by atoms with Crippen molar-refractivity contribution in [2.24, 2.45) is 0 Å². The molecule has 0 unspecified atom stereocenters. The van der Waals surface area contributed by atoms with Crippen LogP contribution >= 0.6 is 0 Å². The van der Waals surface area contributed by atoms with Gasteiger partial charge in [0.15, 0.2) is 5.78 Å². The van der Waals surface area contributed by atoms with Crippen molar-refractivity contribution in [1.29, 1.82) is 0 Å². The molecule has 0 amide bonds. The van der Waals surface area contributed by atoms with Gasteiger partial charge < -0.3 is 19.7 Å². The minimum Gasteiger partial charge on any atom is -0.507 e. The Kier molecular flexibility index (Phi) is 9.70. The number of benzene rings is 4. The van der Waals surface area contributed by atoms with Crippen LogP contribution in [0, 0.1) is 0 Å². The zero-order valence-corrected chi connectivity index (χ0v) is 23.6. The highest BCUT2D eigenvalue weighted by molar-refractivity contribution is 7.86. The van der Waals surface area contributed by atoms with Crippen molar-refractivity contribution >= 4 is 31.8 Å². The number of ketones is 2. The maximum Gasteiger partial charge on any atom is 0.298 e. The maximum atomic E-state index is 12.7. The van der Waals surface area contributed by atoms with E-state index in [4.69, 9.17) is 9.47 Å². The van der Waals surface area contributed by atoms with Crippen molar-refractivity contribution in [3.05, 3.63) is 107 Å². The molecule has 220 valence electrons. The Morgan fingerprint density at radius 3 is 1.19 bits per heavy atom. The van der Waals surface area contributed by atoms with Crippen molar-refractivity contribution in [3.8, 4) is 23.0 Å². The highest BCUT2D eigenvalue weighted by Crippen LogP contribution is 2.37. The van der Waals surface area contributed by atoms with Gasteiger partial charge in [0.1, 0.15) is 32.8 Å². The van der Waals surface area contributed by atoms with Gasteiger partial charge in [0, 0.05) is 23.3 Å². The van der Waals surface area contributed by atoms with Gasteiger partial charge in [-0.15, -0.1) is 0 Å². The largest absolute Gasteiger partial charge is 0.507 e. The third kappa shape index (κ3) is 7.30. The van der Waals surface area contributed by atoms with Crippen LogP contribution in [-0.4, -0.2) is 61.9 Å². The van der Waals surface area contributed by atoms with Gasteiger partial charge in [-0.3, -0.25) is 18.7 Å². The first-order valence-electron chi connectivity index (χ1n) is 11.7. The average molecular weight is 617 g/mol. The lowest BCUT2D eigenvalue weighted by Gasteiger charge is -2.13. The smallest absolute Gasteiger partial charge is 0.298 e. The first-order valence-corrected chi connectivity index (χ1v) is 14.5. The fraction of sp³-hybridized carbons (Fsp3) is 0.0714. The molecular weight excluding hydrogens is 592 g/mol. The lowest BCUT2D eigenvalue weighted by molar-refractivity contribution is 0.102. The van der Waals surface area contributed by atoms with Crippen LogP contribution in [0.4, 0.5) is 0 Å². The molecule has 0 aliphatic carbocycles. The molecule has 4 rings (SSSR count). The number of aromatic hydroxyl groups is 2. The molecule has 42 heavy (non-hydrogen) atoms. The van der Waals surface area contributed by atoms with Gasteiger partial charge in [-0.2, -0.15) is 16.8 Å². The van der Waals surface area contributed by atoms with Crippen molar-refractivity contribution in [2.45, 2.75) is 9.79 Å². The molecule has 0 spiro atoms. The molecule has 0 saturated carbocycles. The van der Waals surface area contributed by atoms with E-state index in [1.54, 1.807) is 0 Å². The molecule has 4 N–H and O–H groups in total. The molecule has 0 aromatic heterocycles. The number of rotatable bonds is 8. The molecule has 14 heteroatoms. The Balaban J connectivity index is 0.000000287. The SMILES string of the molecule is COc1cc(O)c(C(=O)c2cc(S(=O)(=O)O)c(OC)cc2O)cc1S(=O)(=O)O.O=C(c1ccccc1)c1ccccc1. The van der Waals surface area contributed by atoms with E-state index in [0.717, 1.165) is 37.5 Å². The Labute approximate surface area is 240 Å². The van der Waals surface area contributed by atoms with E-state index < -0.39 is 69.9 Å². The summed E-state index contributed by atoms with van der Waals surface area (Å²) in [6.45, 7) is 0. The third-order valence-corrected chi connectivity index (χ3v) is 7.43. The number of ether oxygens (including phenoxy) is 2. The number of carbonyl (C=O) groups is 2. The molecule has 12 nitrogen and oxygen atoms in total. The van der Waals surface area contributed by atoms with Gasteiger partial charge >= 0.3 is 0 Å². The fourth-order valence-corrected chi connectivity index (χ4v) is 5.00. The molecular formula is C28H24O12S2. The van der Waals surface area contributed by atoms with Crippen LogP contribution in [0.15, 0.2) is 94.7 Å². The zero-order valence-electron chi connectivity index (χ0n) is 22.0. The number of phenolic OH excluding ortho intramolecular Hbond substituents is 2. The molecule has 0 bridgehead atoms. The van der Waals surface area contributed by atoms with Crippen molar-refractivity contribution in [1.82, 2.24) is 0 Å².